The Labute approximate surface area is 111 Å². The van der Waals surface area contributed by atoms with Gasteiger partial charge in [0.2, 0.25) is 5.91 Å². The summed E-state index contributed by atoms with van der Waals surface area (Å²) in [6.45, 7) is 2.05. The van der Waals surface area contributed by atoms with Gasteiger partial charge < -0.3 is 4.74 Å². The zero-order valence-corrected chi connectivity index (χ0v) is 11.1. The van der Waals surface area contributed by atoms with Crippen LogP contribution in [0.15, 0.2) is 24.3 Å². The van der Waals surface area contributed by atoms with Crippen LogP contribution in [-0.4, -0.2) is 37.1 Å². The van der Waals surface area contributed by atoms with Crippen LogP contribution in [0.1, 0.15) is 12.5 Å². The summed E-state index contributed by atoms with van der Waals surface area (Å²) >= 11 is 0. The van der Waals surface area contributed by atoms with Crippen LogP contribution in [0.25, 0.3) is 0 Å². The van der Waals surface area contributed by atoms with E-state index in [1.165, 1.54) is 19.2 Å². The fourth-order valence-corrected chi connectivity index (χ4v) is 1.52. The second-order valence-electron chi connectivity index (χ2n) is 4.20. The summed E-state index contributed by atoms with van der Waals surface area (Å²) in [5.74, 6) is -0.789. The third-order valence-corrected chi connectivity index (χ3v) is 2.77. The van der Waals surface area contributed by atoms with Gasteiger partial charge in [0, 0.05) is 6.54 Å². The number of hydrogen-bond acceptors (Lipinski definition) is 4. The van der Waals surface area contributed by atoms with Gasteiger partial charge in [-0.05, 0) is 31.7 Å². The highest BCUT2D eigenvalue weighted by molar-refractivity contribution is 5.94. The topological polar surface area (TPSA) is 58.6 Å². The molecule has 104 valence electrons. The van der Waals surface area contributed by atoms with Crippen LogP contribution in [0, 0.1) is 5.82 Å². The zero-order chi connectivity index (χ0) is 14.4. The standard InChI is InChI=1S/C13H17FN2O3/c1-9(12(17)15-13(18)19-3)16(2)8-10-5-4-6-11(14)7-10/h4-7,9H,8H2,1-3H3,(H,15,17,18)/t9-/m0/s1. The first kappa shape index (κ1) is 15.1. The molecule has 0 saturated heterocycles. The molecule has 1 aromatic rings. The lowest BCUT2D eigenvalue weighted by atomic mass is 10.2. The van der Waals surface area contributed by atoms with Crippen molar-refractivity contribution in [3.05, 3.63) is 35.6 Å². The molecule has 0 aromatic heterocycles. The van der Waals surface area contributed by atoms with Gasteiger partial charge in [0.15, 0.2) is 0 Å². The molecule has 0 aliphatic heterocycles. The fraction of sp³-hybridized carbons (Fsp3) is 0.385. The SMILES string of the molecule is COC(=O)NC(=O)[C@H](C)N(C)Cc1cccc(F)c1. The average Bonchev–Trinajstić information content (AvgIpc) is 2.37. The van der Waals surface area contributed by atoms with Crippen molar-refractivity contribution < 1.29 is 18.7 Å². The van der Waals surface area contributed by atoms with Crippen LogP contribution >= 0.6 is 0 Å². The lowest BCUT2D eigenvalue weighted by Gasteiger charge is -2.23. The molecule has 0 spiro atoms. The number of amides is 2. The zero-order valence-electron chi connectivity index (χ0n) is 11.1. The van der Waals surface area contributed by atoms with Gasteiger partial charge >= 0.3 is 6.09 Å². The van der Waals surface area contributed by atoms with E-state index in [9.17, 15) is 14.0 Å². The summed E-state index contributed by atoms with van der Waals surface area (Å²) in [4.78, 5) is 24.3. The number of rotatable bonds is 4. The second-order valence-corrected chi connectivity index (χ2v) is 4.20. The van der Waals surface area contributed by atoms with E-state index in [1.807, 2.05) is 0 Å². The molecule has 0 heterocycles. The molecule has 0 radical (unpaired) electrons. The Hall–Kier alpha value is -1.95. The summed E-state index contributed by atoms with van der Waals surface area (Å²) in [7, 11) is 2.90. The van der Waals surface area contributed by atoms with Crippen molar-refractivity contribution in [1.82, 2.24) is 10.2 Å². The van der Waals surface area contributed by atoms with Crippen LogP contribution in [0.2, 0.25) is 0 Å². The van der Waals surface area contributed by atoms with E-state index < -0.39 is 18.0 Å². The molecule has 6 heteroatoms. The Kier molecular flexibility index (Phi) is 5.44. The predicted molar refractivity (Wildman–Crippen MR) is 67.9 cm³/mol. The van der Waals surface area contributed by atoms with Crippen LogP contribution in [-0.2, 0) is 16.1 Å². The van der Waals surface area contributed by atoms with E-state index in [0.29, 0.717) is 6.54 Å². The first-order valence-electron chi connectivity index (χ1n) is 5.77. The molecule has 0 unspecified atom stereocenters. The lowest BCUT2D eigenvalue weighted by molar-refractivity contribution is -0.124. The van der Waals surface area contributed by atoms with Gasteiger partial charge in [0.05, 0.1) is 13.2 Å². The Bertz CT molecular complexity index is 465. The number of likely N-dealkylation sites (N-methyl/N-ethyl adjacent to an activating group) is 1. The van der Waals surface area contributed by atoms with Gasteiger partial charge in [-0.25, -0.2) is 9.18 Å². The van der Waals surface area contributed by atoms with E-state index in [0.717, 1.165) is 5.56 Å². The molecular weight excluding hydrogens is 251 g/mol. The molecule has 1 rings (SSSR count). The molecular formula is C13H17FN2O3. The molecule has 5 nitrogen and oxygen atoms in total. The van der Waals surface area contributed by atoms with E-state index in [4.69, 9.17) is 0 Å². The van der Waals surface area contributed by atoms with Crippen molar-refractivity contribution in [2.24, 2.45) is 0 Å². The Balaban J connectivity index is 2.59. The number of carbonyl (C=O) groups is 2. The summed E-state index contributed by atoms with van der Waals surface area (Å²) in [6, 6.07) is 5.60. The number of alkyl carbamates (subject to hydrolysis) is 1. The summed E-state index contributed by atoms with van der Waals surface area (Å²) in [6.07, 6.45) is -0.795. The maximum atomic E-state index is 13.0. The van der Waals surface area contributed by atoms with E-state index in [1.54, 1.807) is 31.0 Å². The maximum absolute atomic E-state index is 13.0. The number of ether oxygens (including phenoxy) is 1. The fourth-order valence-electron chi connectivity index (χ4n) is 1.52. The van der Waals surface area contributed by atoms with Crippen molar-refractivity contribution in [1.29, 1.82) is 0 Å². The molecule has 0 fully saturated rings. The van der Waals surface area contributed by atoms with Gasteiger partial charge in [-0.15, -0.1) is 0 Å². The second kappa shape index (κ2) is 6.84. The number of nitrogens with one attached hydrogen (secondary N) is 1. The van der Waals surface area contributed by atoms with E-state index in [-0.39, 0.29) is 5.82 Å². The van der Waals surface area contributed by atoms with Gasteiger partial charge in [0.1, 0.15) is 5.82 Å². The Morgan fingerprint density at radius 1 is 1.47 bits per heavy atom. The molecule has 0 aliphatic carbocycles. The third-order valence-electron chi connectivity index (χ3n) is 2.77. The molecule has 19 heavy (non-hydrogen) atoms. The highest BCUT2D eigenvalue weighted by atomic mass is 19.1. The predicted octanol–water partition coefficient (Wildman–Crippen LogP) is 1.53. The highest BCUT2D eigenvalue weighted by Crippen LogP contribution is 2.08. The number of carbonyl (C=O) groups excluding carboxylic acids is 2. The van der Waals surface area contributed by atoms with E-state index in [2.05, 4.69) is 10.1 Å². The number of methoxy groups -OCH3 is 1. The van der Waals surface area contributed by atoms with Crippen LogP contribution < -0.4 is 5.32 Å². The van der Waals surface area contributed by atoms with Gasteiger partial charge in [-0.2, -0.15) is 0 Å². The Morgan fingerprint density at radius 2 is 2.16 bits per heavy atom. The number of hydrogen-bond donors (Lipinski definition) is 1. The molecule has 1 atom stereocenters. The Morgan fingerprint density at radius 3 is 2.74 bits per heavy atom. The van der Waals surface area contributed by atoms with E-state index >= 15 is 0 Å². The molecule has 0 aliphatic rings. The normalized spacial score (nSPS) is 12.1. The van der Waals surface area contributed by atoms with Crippen molar-refractivity contribution in [2.45, 2.75) is 19.5 Å². The number of halogens is 1. The van der Waals surface area contributed by atoms with Crippen molar-refractivity contribution in [2.75, 3.05) is 14.2 Å². The number of benzene rings is 1. The minimum absolute atomic E-state index is 0.322. The third kappa shape index (κ3) is 4.67. The van der Waals surface area contributed by atoms with Gasteiger partial charge in [-0.1, -0.05) is 12.1 Å². The minimum Gasteiger partial charge on any atom is -0.453 e. The number of nitrogens with zero attached hydrogens (tertiary/aromatic N) is 1. The molecule has 0 saturated carbocycles. The van der Waals surface area contributed by atoms with Crippen LogP contribution in [0.5, 0.6) is 0 Å². The molecule has 1 N–H and O–H groups in total. The summed E-state index contributed by atoms with van der Waals surface area (Å²) in [5, 5.41) is 2.09. The lowest BCUT2D eigenvalue weighted by Crippen LogP contribution is -2.45. The first-order valence-corrected chi connectivity index (χ1v) is 5.77. The summed E-state index contributed by atoms with van der Waals surface area (Å²) < 4.78 is 17.4. The smallest absolute Gasteiger partial charge is 0.413 e. The van der Waals surface area contributed by atoms with Gasteiger partial charge in [-0.3, -0.25) is 15.0 Å². The average molecular weight is 268 g/mol. The summed E-state index contributed by atoms with van der Waals surface area (Å²) in [5.41, 5.74) is 0.750. The molecule has 2 amide bonds. The quantitative estimate of drug-likeness (QED) is 0.899. The largest absolute Gasteiger partial charge is 0.453 e. The molecule has 1 aromatic carbocycles. The monoisotopic (exact) mass is 268 g/mol. The van der Waals surface area contributed by atoms with Crippen LogP contribution in [0.4, 0.5) is 9.18 Å². The minimum atomic E-state index is -0.795. The number of imide groups is 1. The molecule has 0 bridgehead atoms. The highest BCUT2D eigenvalue weighted by Gasteiger charge is 2.20. The van der Waals surface area contributed by atoms with Crippen LogP contribution in [0.3, 0.4) is 0 Å². The van der Waals surface area contributed by atoms with Crippen molar-refractivity contribution >= 4 is 12.0 Å². The van der Waals surface area contributed by atoms with Gasteiger partial charge in [0.25, 0.3) is 0 Å². The maximum Gasteiger partial charge on any atom is 0.413 e. The first-order chi connectivity index (χ1) is 8.93. The van der Waals surface area contributed by atoms with Crippen molar-refractivity contribution in [3.8, 4) is 0 Å². The van der Waals surface area contributed by atoms with Crippen molar-refractivity contribution in [3.63, 3.8) is 0 Å².